The van der Waals surface area contributed by atoms with Crippen molar-refractivity contribution in [3.63, 3.8) is 0 Å². The second kappa shape index (κ2) is 4.51. The van der Waals surface area contributed by atoms with Crippen LogP contribution in [-0.4, -0.2) is 28.3 Å². The quantitative estimate of drug-likeness (QED) is 0.784. The predicted octanol–water partition coefficient (Wildman–Crippen LogP) is 0.455. The highest BCUT2D eigenvalue weighted by molar-refractivity contribution is 9.10. The molecule has 0 saturated heterocycles. The lowest BCUT2D eigenvalue weighted by Crippen LogP contribution is -2.31. The van der Waals surface area contributed by atoms with E-state index >= 15 is 0 Å². The first-order chi connectivity index (χ1) is 7.16. The molecular weight excluding hydrogens is 261 g/mol. The van der Waals surface area contributed by atoms with E-state index in [2.05, 4.69) is 20.9 Å². The molecule has 0 spiro atoms. The van der Waals surface area contributed by atoms with Crippen LogP contribution in [0.25, 0.3) is 0 Å². The maximum absolute atomic E-state index is 8.93. The van der Waals surface area contributed by atoms with Gasteiger partial charge in [0.1, 0.15) is 6.10 Å². The fraction of sp³-hybridized carbons (Fsp3) is 0.444. The Kier molecular flexibility index (Phi) is 3.28. The molecule has 1 aliphatic carbocycles. The summed E-state index contributed by atoms with van der Waals surface area (Å²) in [4.78, 5) is 4.03. The van der Waals surface area contributed by atoms with E-state index in [9.17, 15) is 0 Å². The molecule has 4 nitrogen and oxygen atoms in total. The van der Waals surface area contributed by atoms with Crippen molar-refractivity contribution in [2.75, 3.05) is 0 Å². The Morgan fingerprint density at radius 2 is 2.20 bits per heavy atom. The minimum absolute atomic E-state index is 0.263. The maximum atomic E-state index is 8.93. The van der Waals surface area contributed by atoms with Crippen LogP contribution in [0.3, 0.4) is 0 Å². The molecule has 0 unspecified atom stereocenters. The normalized spacial score (nSPS) is 15.9. The van der Waals surface area contributed by atoms with Gasteiger partial charge < -0.3 is 14.8 Å². The Balaban J connectivity index is 2.11. The molecule has 1 aromatic heterocycles. The van der Waals surface area contributed by atoms with Crippen LogP contribution in [0.15, 0.2) is 16.7 Å². The largest absolute Gasteiger partial charge is 0.490 e. The number of halogens is 1. The molecule has 1 heterocycles. The van der Waals surface area contributed by atoms with Gasteiger partial charge >= 0.3 is 7.12 Å². The van der Waals surface area contributed by atoms with Crippen LogP contribution >= 0.6 is 15.9 Å². The highest BCUT2D eigenvalue weighted by Crippen LogP contribution is 2.28. The van der Waals surface area contributed by atoms with Crippen molar-refractivity contribution in [3.05, 3.63) is 16.7 Å². The Labute approximate surface area is 96.6 Å². The summed E-state index contributed by atoms with van der Waals surface area (Å²) in [5.74, 6) is 0.518. The lowest BCUT2D eigenvalue weighted by Gasteiger charge is -2.26. The summed E-state index contributed by atoms with van der Waals surface area (Å²) in [7, 11) is -1.49. The molecule has 0 aliphatic heterocycles. The van der Waals surface area contributed by atoms with E-state index in [0.29, 0.717) is 15.8 Å². The molecule has 1 aromatic rings. The van der Waals surface area contributed by atoms with Gasteiger partial charge in [-0.1, -0.05) is 0 Å². The molecule has 0 aromatic carbocycles. The van der Waals surface area contributed by atoms with Gasteiger partial charge in [0.15, 0.2) is 0 Å². The fourth-order valence-corrected chi connectivity index (χ4v) is 1.77. The average molecular weight is 272 g/mol. The van der Waals surface area contributed by atoms with Gasteiger partial charge in [-0.15, -0.1) is 0 Å². The third-order valence-electron chi connectivity index (χ3n) is 2.46. The van der Waals surface area contributed by atoms with Crippen molar-refractivity contribution in [2.45, 2.75) is 25.4 Å². The number of aromatic nitrogens is 1. The predicted molar refractivity (Wildman–Crippen MR) is 60.0 cm³/mol. The molecule has 0 amide bonds. The molecule has 6 heteroatoms. The minimum Gasteiger partial charge on any atom is -0.474 e. The average Bonchev–Trinajstić information content (AvgIpc) is 2.12. The van der Waals surface area contributed by atoms with Crippen molar-refractivity contribution < 1.29 is 14.8 Å². The van der Waals surface area contributed by atoms with Gasteiger partial charge in [0.2, 0.25) is 5.88 Å². The van der Waals surface area contributed by atoms with E-state index in [1.54, 1.807) is 6.07 Å². The first kappa shape index (κ1) is 10.9. The van der Waals surface area contributed by atoms with E-state index in [1.165, 1.54) is 12.6 Å². The Hall–Kier alpha value is -0.585. The molecule has 2 rings (SSSR count). The Morgan fingerprint density at radius 1 is 1.47 bits per heavy atom. The van der Waals surface area contributed by atoms with Crippen molar-refractivity contribution in [3.8, 4) is 5.88 Å². The van der Waals surface area contributed by atoms with Crippen molar-refractivity contribution >= 4 is 28.5 Å². The van der Waals surface area contributed by atoms with Crippen LogP contribution in [0.1, 0.15) is 19.3 Å². The molecule has 15 heavy (non-hydrogen) atoms. The molecule has 2 N–H and O–H groups in total. The third kappa shape index (κ3) is 2.51. The topological polar surface area (TPSA) is 62.6 Å². The zero-order chi connectivity index (χ0) is 10.8. The first-order valence-electron chi connectivity index (χ1n) is 4.85. The van der Waals surface area contributed by atoms with Crippen LogP contribution in [0, 0.1) is 0 Å². The van der Waals surface area contributed by atoms with Gasteiger partial charge in [-0.2, -0.15) is 0 Å². The summed E-state index contributed by atoms with van der Waals surface area (Å²) >= 11 is 3.29. The van der Waals surface area contributed by atoms with Crippen molar-refractivity contribution in [2.24, 2.45) is 0 Å². The zero-order valence-corrected chi connectivity index (χ0v) is 9.64. The smallest absolute Gasteiger partial charge is 0.474 e. The highest BCUT2D eigenvalue weighted by Gasteiger charge is 2.21. The van der Waals surface area contributed by atoms with Gasteiger partial charge in [0.25, 0.3) is 0 Å². The van der Waals surface area contributed by atoms with Gasteiger partial charge in [-0.05, 0) is 41.3 Å². The molecule has 0 atom stereocenters. The SMILES string of the molecule is OB(O)c1cnc(OC2CCC2)c(Br)c1. The molecule has 1 aliphatic rings. The molecule has 1 saturated carbocycles. The van der Waals surface area contributed by atoms with Gasteiger partial charge in [0, 0.05) is 11.7 Å². The lowest BCUT2D eigenvalue weighted by atomic mass is 9.82. The summed E-state index contributed by atoms with van der Waals surface area (Å²) < 4.78 is 6.25. The third-order valence-corrected chi connectivity index (χ3v) is 3.03. The van der Waals surface area contributed by atoms with E-state index in [-0.39, 0.29) is 6.10 Å². The number of hydrogen-bond acceptors (Lipinski definition) is 4. The molecular formula is C9H11BBrNO3. The van der Waals surface area contributed by atoms with E-state index in [1.807, 2.05) is 0 Å². The number of ether oxygens (including phenoxy) is 1. The monoisotopic (exact) mass is 271 g/mol. The summed E-state index contributed by atoms with van der Waals surface area (Å²) in [5.41, 5.74) is 0.350. The van der Waals surface area contributed by atoms with Crippen LogP contribution in [0.2, 0.25) is 0 Å². The van der Waals surface area contributed by atoms with Gasteiger partial charge in [-0.3, -0.25) is 0 Å². The number of pyridine rings is 1. The maximum Gasteiger partial charge on any atom is 0.490 e. The fourth-order valence-electron chi connectivity index (χ4n) is 1.31. The number of hydrogen-bond donors (Lipinski definition) is 2. The molecule has 0 radical (unpaired) electrons. The lowest BCUT2D eigenvalue weighted by molar-refractivity contribution is 0.113. The van der Waals surface area contributed by atoms with E-state index < -0.39 is 7.12 Å². The summed E-state index contributed by atoms with van der Waals surface area (Å²) in [6.45, 7) is 0. The van der Waals surface area contributed by atoms with Crippen LogP contribution in [0.4, 0.5) is 0 Å². The van der Waals surface area contributed by atoms with Crippen molar-refractivity contribution in [1.82, 2.24) is 4.98 Å². The summed E-state index contributed by atoms with van der Waals surface area (Å²) in [5, 5.41) is 17.9. The first-order valence-corrected chi connectivity index (χ1v) is 5.64. The second-order valence-corrected chi connectivity index (χ2v) is 4.45. The van der Waals surface area contributed by atoms with Gasteiger partial charge in [-0.25, -0.2) is 4.98 Å². The van der Waals surface area contributed by atoms with Gasteiger partial charge in [0.05, 0.1) is 4.47 Å². The van der Waals surface area contributed by atoms with Crippen LogP contribution in [0.5, 0.6) is 5.88 Å². The van der Waals surface area contributed by atoms with Crippen molar-refractivity contribution in [1.29, 1.82) is 0 Å². The van der Waals surface area contributed by atoms with E-state index in [4.69, 9.17) is 14.8 Å². The molecule has 0 bridgehead atoms. The van der Waals surface area contributed by atoms with Crippen LogP contribution < -0.4 is 10.2 Å². The zero-order valence-electron chi connectivity index (χ0n) is 8.06. The standard InChI is InChI=1S/C9H11BBrNO3/c11-8-4-6(10(13)14)5-12-9(8)15-7-2-1-3-7/h4-5,7,13-14H,1-3H2. The number of nitrogens with zero attached hydrogens (tertiary/aromatic N) is 1. The van der Waals surface area contributed by atoms with E-state index in [0.717, 1.165) is 12.8 Å². The Morgan fingerprint density at radius 3 is 2.67 bits per heavy atom. The van der Waals surface area contributed by atoms with Crippen LogP contribution in [-0.2, 0) is 0 Å². The second-order valence-electron chi connectivity index (χ2n) is 3.60. The minimum atomic E-state index is -1.49. The summed E-state index contributed by atoms with van der Waals surface area (Å²) in [6.07, 6.45) is 5.01. The molecule has 80 valence electrons. The summed E-state index contributed by atoms with van der Waals surface area (Å²) in [6, 6.07) is 1.60. The number of rotatable bonds is 3. The highest BCUT2D eigenvalue weighted by atomic mass is 79.9. The molecule has 1 fully saturated rings. The Bertz CT molecular complexity index is 357.